The van der Waals surface area contributed by atoms with E-state index >= 15 is 0 Å². The molecule has 1 rings (SSSR count). The number of hydrogen-bond acceptors (Lipinski definition) is 5. The highest BCUT2D eigenvalue weighted by Crippen LogP contribution is 2.29. The molecule has 0 fully saturated rings. The summed E-state index contributed by atoms with van der Waals surface area (Å²) in [6.45, 7) is 17.4. The van der Waals surface area contributed by atoms with E-state index in [1.807, 2.05) is 38.1 Å². The van der Waals surface area contributed by atoms with Crippen molar-refractivity contribution in [1.29, 1.82) is 0 Å². The molecule has 4 unspecified atom stereocenters. The van der Waals surface area contributed by atoms with E-state index in [0.29, 0.717) is 17.9 Å². The van der Waals surface area contributed by atoms with Crippen molar-refractivity contribution in [2.45, 2.75) is 137 Å². The van der Waals surface area contributed by atoms with Crippen molar-refractivity contribution < 1.29 is 23.9 Å². The summed E-state index contributed by atoms with van der Waals surface area (Å²) in [5.74, 6) is -0.950. The van der Waals surface area contributed by atoms with Gasteiger partial charge in [-0.05, 0) is 83.8 Å². The van der Waals surface area contributed by atoms with E-state index in [1.165, 1.54) is 0 Å². The number of rotatable bonds is 16. The Balaban J connectivity index is 3.67. The van der Waals surface area contributed by atoms with Gasteiger partial charge in [0, 0.05) is 18.5 Å². The monoisotopic (exact) mass is 574 g/mol. The summed E-state index contributed by atoms with van der Waals surface area (Å²) in [6.07, 6.45) is 3.12. The molecule has 0 spiro atoms. The quantitative estimate of drug-likeness (QED) is 0.243. The molecule has 41 heavy (non-hydrogen) atoms. The van der Waals surface area contributed by atoms with E-state index in [9.17, 15) is 19.2 Å². The molecule has 0 aliphatic rings. The molecule has 0 saturated heterocycles. The maximum Gasteiger partial charge on any atom is 0.408 e. The van der Waals surface area contributed by atoms with E-state index < -0.39 is 35.6 Å². The first-order chi connectivity index (χ1) is 19.1. The highest BCUT2D eigenvalue weighted by atomic mass is 16.6. The van der Waals surface area contributed by atoms with E-state index in [4.69, 9.17) is 10.5 Å². The maximum atomic E-state index is 14.4. The molecule has 0 heterocycles. The van der Waals surface area contributed by atoms with Gasteiger partial charge >= 0.3 is 6.09 Å². The molecule has 4 atom stereocenters. The lowest BCUT2D eigenvalue weighted by Crippen LogP contribution is -2.56. The second-order valence-corrected chi connectivity index (χ2v) is 12.5. The molecule has 0 aromatic heterocycles. The van der Waals surface area contributed by atoms with Gasteiger partial charge in [0.05, 0.1) is 0 Å². The number of nitrogens with two attached hydrogens (primary N) is 1. The van der Waals surface area contributed by atoms with Crippen LogP contribution in [0.5, 0.6) is 0 Å². The standard InChI is InChI=1S/C32H54N4O5/c1-10-12-22(5)34-29(38)28(25-17-15-24(11-2)16-18-25)36(23(6)14-13-21(3)4)30(39)26(19-20-27(33)37)35-31(40)41-32(7,8)9/h15-18,21-23,26,28H,10-14,19-20H2,1-9H3,(H2,33,37)(H,34,38)(H,35,40). The van der Waals surface area contributed by atoms with Crippen molar-refractivity contribution in [3.8, 4) is 0 Å². The summed E-state index contributed by atoms with van der Waals surface area (Å²) in [6, 6.07) is 5.24. The fourth-order valence-electron chi connectivity index (χ4n) is 4.69. The minimum absolute atomic E-state index is 0.0177. The molecule has 9 nitrogen and oxygen atoms in total. The van der Waals surface area contributed by atoms with E-state index in [0.717, 1.165) is 31.2 Å². The van der Waals surface area contributed by atoms with Gasteiger partial charge in [-0.3, -0.25) is 14.4 Å². The Kier molecular flexibility index (Phi) is 14.9. The van der Waals surface area contributed by atoms with Gasteiger partial charge < -0.3 is 26.0 Å². The zero-order chi connectivity index (χ0) is 31.3. The Labute approximate surface area is 247 Å². The highest BCUT2D eigenvalue weighted by Gasteiger charge is 2.39. The van der Waals surface area contributed by atoms with Crippen LogP contribution < -0.4 is 16.4 Å². The number of amides is 4. The van der Waals surface area contributed by atoms with Crippen molar-refractivity contribution in [3.05, 3.63) is 35.4 Å². The molecular formula is C32H54N4O5. The predicted molar refractivity (Wildman–Crippen MR) is 163 cm³/mol. The number of primary amides is 1. The molecule has 1 aromatic rings. The van der Waals surface area contributed by atoms with Crippen molar-refractivity contribution in [3.63, 3.8) is 0 Å². The van der Waals surface area contributed by atoms with Crippen molar-refractivity contribution in [2.24, 2.45) is 11.7 Å². The molecule has 0 aliphatic heterocycles. The summed E-state index contributed by atoms with van der Waals surface area (Å²) >= 11 is 0. The van der Waals surface area contributed by atoms with Gasteiger partial charge in [-0.15, -0.1) is 0 Å². The lowest BCUT2D eigenvalue weighted by Gasteiger charge is -2.39. The molecule has 9 heteroatoms. The van der Waals surface area contributed by atoms with Crippen LogP contribution in [0, 0.1) is 5.92 Å². The first kappa shape index (κ1) is 35.9. The fourth-order valence-corrected chi connectivity index (χ4v) is 4.69. The zero-order valence-corrected chi connectivity index (χ0v) is 26.7. The van der Waals surface area contributed by atoms with E-state index in [-0.39, 0.29) is 30.8 Å². The third kappa shape index (κ3) is 13.0. The molecule has 0 bridgehead atoms. The molecule has 0 radical (unpaired) electrons. The molecule has 4 amide bonds. The van der Waals surface area contributed by atoms with Crippen LogP contribution in [-0.2, 0) is 25.5 Å². The predicted octanol–water partition coefficient (Wildman–Crippen LogP) is 5.41. The Morgan fingerprint density at radius 2 is 1.51 bits per heavy atom. The summed E-state index contributed by atoms with van der Waals surface area (Å²) in [5, 5.41) is 5.77. The van der Waals surface area contributed by atoms with Gasteiger partial charge in [-0.25, -0.2) is 4.79 Å². The van der Waals surface area contributed by atoms with Gasteiger partial charge in [0.25, 0.3) is 0 Å². The Morgan fingerprint density at radius 1 is 0.902 bits per heavy atom. The molecule has 1 aromatic carbocycles. The number of nitrogens with one attached hydrogen (secondary N) is 2. The van der Waals surface area contributed by atoms with Crippen LogP contribution >= 0.6 is 0 Å². The van der Waals surface area contributed by atoms with E-state index in [2.05, 4.69) is 38.3 Å². The first-order valence-electron chi connectivity index (χ1n) is 15.1. The largest absolute Gasteiger partial charge is 0.444 e. The van der Waals surface area contributed by atoms with Crippen molar-refractivity contribution >= 4 is 23.8 Å². The maximum absolute atomic E-state index is 14.4. The lowest BCUT2D eigenvalue weighted by molar-refractivity contribution is -0.145. The number of aryl methyl sites for hydroxylation is 1. The van der Waals surface area contributed by atoms with Gasteiger partial charge in [-0.2, -0.15) is 0 Å². The number of nitrogens with zero attached hydrogens (tertiary/aromatic N) is 1. The molecule has 0 aliphatic carbocycles. The normalized spacial score (nSPS) is 14.5. The van der Waals surface area contributed by atoms with Gasteiger partial charge in [-0.1, -0.05) is 58.4 Å². The topological polar surface area (TPSA) is 131 Å². The van der Waals surface area contributed by atoms with Crippen LogP contribution in [0.3, 0.4) is 0 Å². The Bertz CT molecular complexity index is 987. The van der Waals surface area contributed by atoms with E-state index in [1.54, 1.807) is 25.7 Å². The fraction of sp³-hybridized carbons (Fsp3) is 0.688. The average Bonchev–Trinajstić information content (AvgIpc) is 2.86. The van der Waals surface area contributed by atoms with Crippen LogP contribution in [0.2, 0.25) is 0 Å². The number of carbonyl (C=O) groups excluding carboxylic acids is 4. The van der Waals surface area contributed by atoms with Gasteiger partial charge in [0.1, 0.15) is 17.7 Å². The second-order valence-electron chi connectivity index (χ2n) is 12.5. The second kappa shape index (κ2) is 17.0. The SMILES string of the molecule is CCCC(C)NC(=O)C(c1ccc(CC)cc1)N(C(=O)C(CCC(N)=O)NC(=O)OC(C)(C)C)C(C)CCC(C)C. The molecule has 232 valence electrons. The minimum Gasteiger partial charge on any atom is -0.444 e. The average molecular weight is 575 g/mol. The minimum atomic E-state index is -1.11. The van der Waals surface area contributed by atoms with Crippen LogP contribution in [-0.4, -0.2) is 52.4 Å². The zero-order valence-electron chi connectivity index (χ0n) is 26.7. The van der Waals surface area contributed by atoms with Crippen LogP contribution in [0.25, 0.3) is 0 Å². The Morgan fingerprint density at radius 3 is 2.00 bits per heavy atom. The lowest BCUT2D eigenvalue weighted by atomic mass is 9.95. The van der Waals surface area contributed by atoms with Crippen molar-refractivity contribution in [1.82, 2.24) is 15.5 Å². The number of hydrogen-bond donors (Lipinski definition) is 3. The molecule has 0 saturated carbocycles. The van der Waals surface area contributed by atoms with Crippen LogP contribution in [0.4, 0.5) is 4.79 Å². The highest BCUT2D eigenvalue weighted by molar-refractivity contribution is 5.92. The van der Waals surface area contributed by atoms with Crippen LogP contribution in [0.15, 0.2) is 24.3 Å². The van der Waals surface area contributed by atoms with Crippen LogP contribution in [0.1, 0.15) is 118 Å². The summed E-state index contributed by atoms with van der Waals surface area (Å²) in [4.78, 5) is 54.5. The third-order valence-electron chi connectivity index (χ3n) is 6.90. The number of alkyl carbamates (subject to hydrolysis) is 1. The summed E-state index contributed by atoms with van der Waals surface area (Å²) in [5.41, 5.74) is 6.44. The summed E-state index contributed by atoms with van der Waals surface area (Å²) < 4.78 is 5.43. The van der Waals surface area contributed by atoms with Crippen molar-refractivity contribution in [2.75, 3.05) is 0 Å². The molecule has 4 N–H and O–H groups in total. The number of ether oxygens (including phenoxy) is 1. The third-order valence-corrected chi connectivity index (χ3v) is 6.90. The number of benzene rings is 1. The summed E-state index contributed by atoms with van der Waals surface area (Å²) in [7, 11) is 0. The van der Waals surface area contributed by atoms with Gasteiger partial charge in [0.15, 0.2) is 0 Å². The molecular weight excluding hydrogens is 520 g/mol. The van der Waals surface area contributed by atoms with Gasteiger partial charge in [0.2, 0.25) is 17.7 Å². The smallest absolute Gasteiger partial charge is 0.408 e. The number of carbonyl (C=O) groups is 4. The Hall–Kier alpha value is -3.10. The first-order valence-corrected chi connectivity index (χ1v) is 15.1.